The third kappa shape index (κ3) is 2.79. The standard InChI is InChI=1S/C19H16F3N5O/c1-11-13(19(20,21)22)7-5-8-14(11)23-10-16-24-25-18-26(2)17(28)12-6-3-4-9-15(12)27(16)18/h3-9,23H,10H2,1-2H3. The van der Waals surface area contributed by atoms with E-state index in [0.717, 1.165) is 6.07 Å². The average Bonchev–Trinajstić information content (AvgIpc) is 3.08. The monoisotopic (exact) mass is 387 g/mol. The van der Waals surface area contributed by atoms with Crippen LogP contribution in [-0.2, 0) is 19.8 Å². The van der Waals surface area contributed by atoms with E-state index in [2.05, 4.69) is 15.5 Å². The molecule has 0 aliphatic rings. The smallest absolute Gasteiger partial charge is 0.377 e. The van der Waals surface area contributed by atoms with Gasteiger partial charge in [0, 0.05) is 12.7 Å². The Morgan fingerprint density at radius 1 is 1.07 bits per heavy atom. The predicted octanol–water partition coefficient (Wildman–Crippen LogP) is 3.52. The summed E-state index contributed by atoms with van der Waals surface area (Å²) in [4.78, 5) is 12.5. The number of nitrogens with zero attached hydrogens (tertiary/aromatic N) is 4. The van der Waals surface area contributed by atoms with E-state index >= 15 is 0 Å². The lowest BCUT2D eigenvalue weighted by molar-refractivity contribution is -0.138. The molecule has 0 unspecified atom stereocenters. The first-order chi connectivity index (χ1) is 13.3. The Morgan fingerprint density at radius 2 is 1.82 bits per heavy atom. The van der Waals surface area contributed by atoms with Crippen LogP contribution in [0.25, 0.3) is 16.7 Å². The number of nitrogens with one attached hydrogen (secondary N) is 1. The van der Waals surface area contributed by atoms with Crippen LogP contribution in [0.3, 0.4) is 0 Å². The zero-order valence-electron chi connectivity index (χ0n) is 15.1. The molecule has 0 spiro atoms. The summed E-state index contributed by atoms with van der Waals surface area (Å²) >= 11 is 0. The summed E-state index contributed by atoms with van der Waals surface area (Å²) in [5.74, 6) is 0.847. The number of hydrogen-bond acceptors (Lipinski definition) is 4. The van der Waals surface area contributed by atoms with Gasteiger partial charge in [-0.1, -0.05) is 18.2 Å². The van der Waals surface area contributed by atoms with Crippen molar-refractivity contribution in [2.24, 2.45) is 7.05 Å². The Kier molecular flexibility index (Phi) is 4.10. The van der Waals surface area contributed by atoms with Crippen molar-refractivity contribution in [3.63, 3.8) is 0 Å². The van der Waals surface area contributed by atoms with Gasteiger partial charge in [0.15, 0.2) is 5.82 Å². The van der Waals surface area contributed by atoms with Gasteiger partial charge in [-0.15, -0.1) is 10.2 Å². The van der Waals surface area contributed by atoms with Gasteiger partial charge in [-0.3, -0.25) is 13.8 Å². The van der Waals surface area contributed by atoms with E-state index in [-0.39, 0.29) is 17.7 Å². The zero-order valence-corrected chi connectivity index (χ0v) is 15.1. The summed E-state index contributed by atoms with van der Waals surface area (Å²) in [6.07, 6.45) is -4.42. The second-order valence-corrected chi connectivity index (χ2v) is 6.46. The summed E-state index contributed by atoms with van der Waals surface area (Å²) in [7, 11) is 1.60. The molecule has 0 aliphatic heterocycles. The van der Waals surface area contributed by atoms with E-state index in [4.69, 9.17) is 0 Å². The van der Waals surface area contributed by atoms with Crippen LogP contribution in [0.2, 0.25) is 0 Å². The molecule has 4 aromatic rings. The number of hydrogen-bond donors (Lipinski definition) is 1. The first-order valence-electron chi connectivity index (χ1n) is 8.51. The van der Waals surface area contributed by atoms with Crippen molar-refractivity contribution < 1.29 is 13.2 Å². The van der Waals surface area contributed by atoms with Crippen molar-refractivity contribution in [1.82, 2.24) is 19.2 Å². The summed E-state index contributed by atoms with van der Waals surface area (Å²) in [6.45, 7) is 1.57. The maximum Gasteiger partial charge on any atom is 0.416 e. The lowest BCUT2D eigenvalue weighted by atomic mass is 10.1. The van der Waals surface area contributed by atoms with E-state index in [0.29, 0.717) is 28.2 Å². The lowest BCUT2D eigenvalue weighted by Crippen LogP contribution is -2.20. The van der Waals surface area contributed by atoms with E-state index in [1.165, 1.54) is 17.6 Å². The molecule has 0 aliphatic carbocycles. The molecule has 9 heteroatoms. The molecule has 0 amide bonds. The molecule has 0 atom stereocenters. The number of alkyl halides is 3. The molecule has 144 valence electrons. The molecule has 0 radical (unpaired) electrons. The minimum Gasteiger partial charge on any atom is -0.377 e. The van der Waals surface area contributed by atoms with E-state index in [9.17, 15) is 18.0 Å². The summed E-state index contributed by atoms with van der Waals surface area (Å²) in [5.41, 5.74) is 0.241. The van der Waals surface area contributed by atoms with Gasteiger partial charge in [-0.05, 0) is 36.8 Å². The van der Waals surface area contributed by atoms with Crippen molar-refractivity contribution >= 4 is 22.4 Å². The number of benzene rings is 2. The molecular formula is C19H16F3N5O. The van der Waals surface area contributed by atoms with Crippen molar-refractivity contribution in [2.75, 3.05) is 5.32 Å². The molecule has 1 N–H and O–H groups in total. The maximum absolute atomic E-state index is 13.1. The van der Waals surface area contributed by atoms with Gasteiger partial charge in [0.25, 0.3) is 5.56 Å². The van der Waals surface area contributed by atoms with Gasteiger partial charge in [0.2, 0.25) is 5.78 Å². The van der Waals surface area contributed by atoms with Crippen LogP contribution < -0.4 is 10.9 Å². The summed E-state index contributed by atoms with van der Waals surface area (Å²) in [5, 5.41) is 11.7. The predicted molar refractivity (Wildman–Crippen MR) is 99.2 cm³/mol. The van der Waals surface area contributed by atoms with E-state index in [1.54, 1.807) is 41.8 Å². The Labute approximate surface area is 157 Å². The second kappa shape index (κ2) is 6.36. The number of fused-ring (bicyclic) bond motifs is 3. The fourth-order valence-corrected chi connectivity index (χ4v) is 3.32. The molecule has 2 aromatic heterocycles. The zero-order chi connectivity index (χ0) is 20.1. The van der Waals surface area contributed by atoms with Gasteiger partial charge >= 0.3 is 6.18 Å². The fourth-order valence-electron chi connectivity index (χ4n) is 3.32. The Bertz CT molecular complexity index is 1260. The number of para-hydroxylation sites is 1. The first-order valence-corrected chi connectivity index (χ1v) is 8.51. The van der Waals surface area contributed by atoms with Crippen LogP contribution in [-0.4, -0.2) is 19.2 Å². The van der Waals surface area contributed by atoms with Crippen LogP contribution in [0.4, 0.5) is 18.9 Å². The minimum absolute atomic E-state index is 0.112. The van der Waals surface area contributed by atoms with Crippen molar-refractivity contribution in [1.29, 1.82) is 0 Å². The molecule has 2 heterocycles. The van der Waals surface area contributed by atoms with Crippen molar-refractivity contribution in [2.45, 2.75) is 19.6 Å². The molecule has 28 heavy (non-hydrogen) atoms. The molecule has 0 saturated heterocycles. The molecule has 0 saturated carbocycles. The highest BCUT2D eigenvalue weighted by molar-refractivity contribution is 5.80. The normalized spacial score (nSPS) is 12.0. The number of aromatic nitrogens is 4. The molecule has 0 bridgehead atoms. The third-order valence-electron chi connectivity index (χ3n) is 4.77. The number of rotatable bonds is 3. The van der Waals surface area contributed by atoms with Gasteiger partial charge in [-0.25, -0.2) is 0 Å². The SMILES string of the molecule is Cc1c(NCc2nnc3n(C)c(=O)c4ccccc4n23)cccc1C(F)(F)F. The average molecular weight is 387 g/mol. The van der Waals surface area contributed by atoms with E-state index < -0.39 is 11.7 Å². The number of aryl methyl sites for hydroxylation is 1. The molecule has 4 rings (SSSR count). The van der Waals surface area contributed by atoms with Gasteiger partial charge < -0.3 is 5.32 Å². The Balaban J connectivity index is 1.78. The first kappa shape index (κ1) is 18.0. The van der Waals surface area contributed by atoms with Crippen LogP contribution >= 0.6 is 0 Å². The van der Waals surface area contributed by atoms with E-state index in [1.807, 2.05) is 0 Å². The van der Waals surface area contributed by atoms with Crippen LogP contribution in [0, 0.1) is 6.92 Å². The Morgan fingerprint density at radius 3 is 2.57 bits per heavy atom. The third-order valence-corrected chi connectivity index (χ3v) is 4.77. The molecule has 6 nitrogen and oxygen atoms in total. The molecular weight excluding hydrogens is 371 g/mol. The lowest BCUT2D eigenvalue weighted by Gasteiger charge is -2.15. The maximum atomic E-state index is 13.1. The van der Waals surface area contributed by atoms with Crippen LogP contribution in [0.1, 0.15) is 17.0 Å². The molecule has 0 fully saturated rings. The fraction of sp³-hybridized carbons (Fsp3) is 0.211. The van der Waals surface area contributed by atoms with Crippen LogP contribution in [0.15, 0.2) is 47.3 Å². The topological polar surface area (TPSA) is 64.2 Å². The summed E-state index contributed by atoms with van der Waals surface area (Å²) in [6, 6.07) is 11.1. The van der Waals surface area contributed by atoms with Crippen LogP contribution in [0.5, 0.6) is 0 Å². The van der Waals surface area contributed by atoms with Crippen molar-refractivity contribution in [3.05, 3.63) is 69.8 Å². The summed E-state index contributed by atoms with van der Waals surface area (Å²) < 4.78 is 42.5. The van der Waals surface area contributed by atoms with Gasteiger partial charge in [-0.2, -0.15) is 13.2 Å². The quantitative estimate of drug-likeness (QED) is 0.584. The highest BCUT2D eigenvalue weighted by Crippen LogP contribution is 2.34. The number of anilines is 1. The second-order valence-electron chi connectivity index (χ2n) is 6.46. The van der Waals surface area contributed by atoms with Gasteiger partial charge in [0.1, 0.15) is 0 Å². The Hall–Kier alpha value is -3.36. The molecule has 2 aromatic carbocycles. The number of halogens is 3. The largest absolute Gasteiger partial charge is 0.416 e. The van der Waals surface area contributed by atoms with Crippen molar-refractivity contribution in [3.8, 4) is 0 Å². The minimum atomic E-state index is -4.42. The highest BCUT2D eigenvalue weighted by atomic mass is 19.4. The highest BCUT2D eigenvalue weighted by Gasteiger charge is 2.32. The van der Waals surface area contributed by atoms with Gasteiger partial charge in [0.05, 0.1) is 23.0 Å².